The Morgan fingerprint density at radius 2 is 2.13 bits per heavy atom. The first-order valence-electron chi connectivity index (χ1n) is 4.84. The summed E-state index contributed by atoms with van der Waals surface area (Å²) in [4.78, 5) is 16.4. The molecule has 1 fully saturated rings. The van der Waals surface area contributed by atoms with Crippen molar-refractivity contribution in [2.75, 3.05) is 13.1 Å². The predicted octanol–water partition coefficient (Wildman–Crippen LogP) is 1.63. The molecular weight excluding hydrogens is 192 g/mol. The van der Waals surface area contributed by atoms with Crippen LogP contribution in [0.15, 0.2) is 29.3 Å². The molecular formula is C11H10N2O2. The molecule has 2 heterocycles. The summed E-state index contributed by atoms with van der Waals surface area (Å²) in [7, 11) is 0. The number of likely N-dealkylation sites (tertiary alicyclic amines) is 1. The van der Waals surface area contributed by atoms with E-state index < -0.39 is 6.09 Å². The van der Waals surface area contributed by atoms with Gasteiger partial charge in [-0.15, -0.1) is 0 Å². The number of amides is 1. The quantitative estimate of drug-likeness (QED) is 0.695. The first-order chi connectivity index (χ1) is 7.21. The van der Waals surface area contributed by atoms with E-state index in [9.17, 15) is 4.79 Å². The fourth-order valence-electron chi connectivity index (χ4n) is 2.29. The van der Waals surface area contributed by atoms with Crippen LogP contribution in [0.2, 0.25) is 0 Å². The molecule has 0 aliphatic carbocycles. The number of carboxylic acid groups (broad SMARTS) is 1. The van der Waals surface area contributed by atoms with Crippen molar-refractivity contribution < 1.29 is 9.90 Å². The van der Waals surface area contributed by atoms with E-state index in [4.69, 9.17) is 5.11 Å². The van der Waals surface area contributed by atoms with E-state index in [0.717, 1.165) is 11.3 Å². The minimum atomic E-state index is -0.849. The van der Waals surface area contributed by atoms with Gasteiger partial charge in [-0.2, -0.15) is 0 Å². The van der Waals surface area contributed by atoms with Crippen molar-refractivity contribution in [1.82, 2.24) is 4.90 Å². The molecule has 0 atom stereocenters. The number of hydrogen-bond acceptors (Lipinski definition) is 2. The maximum absolute atomic E-state index is 10.7. The molecule has 0 saturated carbocycles. The molecule has 2 aliphatic heterocycles. The van der Waals surface area contributed by atoms with E-state index in [1.54, 1.807) is 0 Å². The predicted molar refractivity (Wildman–Crippen MR) is 55.9 cm³/mol. The molecule has 4 nitrogen and oxygen atoms in total. The van der Waals surface area contributed by atoms with Crippen LogP contribution in [0.1, 0.15) is 5.56 Å². The van der Waals surface area contributed by atoms with Crippen LogP contribution in [-0.2, 0) is 5.41 Å². The molecule has 2 aliphatic rings. The summed E-state index contributed by atoms with van der Waals surface area (Å²) in [5.74, 6) is 0. The van der Waals surface area contributed by atoms with Gasteiger partial charge in [0.1, 0.15) is 0 Å². The number of carbonyl (C=O) groups is 1. The van der Waals surface area contributed by atoms with Gasteiger partial charge in [0.25, 0.3) is 0 Å². The zero-order valence-corrected chi connectivity index (χ0v) is 8.05. The van der Waals surface area contributed by atoms with Crippen LogP contribution < -0.4 is 0 Å². The number of nitrogens with zero attached hydrogens (tertiary/aromatic N) is 2. The Morgan fingerprint density at radius 1 is 1.40 bits per heavy atom. The summed E-state index contributed by atoms with van der Waals surface area (Å²) in [6.07, 6.45) is 1.04. The molecule has 1 aromatic rings. The highest BCUT2D eigenvalue weighted by atomic mass is 16.4. The fourth-order valence-corrected chi connectivity index (χ4v) is 2.29. The van der Waals surface area contributed by atoms with Gasteiger partial charge < -0.3 is 10.0 Å². The van der Waals surface area contributed by atoms with Crippen molar-refractivity contribution in [2.45, 2.75) is 5.41 Å². The first-order valence-corrected chi connectivity index (χ1v) is 4.84. The van der Waals surface area contributed by atoms with Gasteiger partial charge in [-0.25, -0.2) is 4.79 Å². The van der Waals surface area contributed by atoms with Gasteiger partial charge in [0.2, 0.25) is 0 Å². The molecule has 0 bridgehead atoms. The van der Waals surface area contributed by atoms with Gasteiger partial charge >= 0.3 is 6.09 Å². The number of para-hydroxylation sites is 1. The zero-order valence-electron chi connectivity index (χ0n) is 8.05. The maximum atomic E-state index is 10.7. The number of hydrogen-bond donors (Lipinski definition) is 1. The van der Waals surface area contributed by atoms with E-state index in [0.29, 0.717) is 13.1 Å². The monoisotopic (exact) mass is 202 g/mol. The molecule has 1 amide bonds. The SMILES string of the molecule is O=C(O)N1CC2(C=Nc3ccccc32)C1. The van der Waals surface area contributed by atoms with Gasteiger partial charge in [0, 0.05) is 19.3 Å². The van der Waals surface area contributed by atoms with E-state index in [1.807, 2.05) is 30.5 Å². The molecule has 1 spiro atoms. The summed E-state index contributed by atoms with van der Waals surface area (Å²) in [5, 5.41) is 8.81. The van der Waals surface area contributed by atoms with Crippen LogP contribution in [-0.4, -0.2) is 35.4 Å². The van der Waals surface area contributed by atoms with E-state index >= 15 is 0 Å². The highest BCUT2D eigenvalue weighted by molar-refractivity contribution is 5.88. The second-order valence-electron chi connectivity index (χ2n) is 4.07. The summed E-state index contributed by atoms with van der Waals surface area (Å²) in [6.45, 7) is 1.06. The standard InChI is InChI=1S/C11H10N2O2/c14-10(15)13-6-11(7-13)5-12-9-4-2-1-3-8(9)11/h1-5H,6-7H2,(H,14,15). The Kier molecular flexibility index (Phi) is 1.46. The Labute approximate surface area is 86.9 Å². The Hall–Kier alpha value is -1.84. The van der Waals surface area contributed by atoms with Gasteiger partial charge in [0.15, 0.2) is 0 Å². The second kappa shape index (κ2) is 2.59. The zero-order chi connectivity index (χ0) is 10.5. The average Bonchev–Trinajstić information content (AvgIpc) is 2.54. The van der Waals surface area contributed by atoms with Crippen LogP contribution in [0, 0.1) is 0 Å². The van der Waals surface area contributed by atoms with Gasteiger partial charge in [-0.1, -0.05) is 18.2 Å². The van der Waals surface area contributed by atoms with E-state index in [1.165, 1.54) is 4.90 Å². The highest BCUT2D eigenvalue weighted by Crippen LogP contribution is 2.42. The fraction of sp³-hybridized carbons (Fsp3) is 0.273. The summed E-state index contributed by atoms with van der Waals surface area (Å²) < 4.78 is 0. The molecule has 4 heteroatoms. The van der Waals surface area contributed by atoms with Crippen molar-refractivity contribution >= 4 is 18.0 Å². The van der Waals surface area contributed by atoms with Gasteiger partial charge in [0.05, 0.1) is 11.1 Å². The molecule has 0 aromatic heterocycles. The number of rotatable bonds is 0. The smallest absolute Gasteiger partial charge is 0.407 e. The molecule has 0 radical (unpaired) electrons. The highest BCUT2D eigenvalue weighted by Gasteiger charge is 2.48. The Morgan fingerprint density at radius 3 is 2.87 bits per heavy atom. The number of aliphatic imine (C=N–C) groups is 1. The lowest BCUT2D eigenvalue weighted by Gasteiger charge is -2.45. The number of benzene rings is 1. The molecule has 1 N–H and O–H groups in total. The second-order valence-corrected chi connectivity index (χ2v) is 4.07. The first kappa shape index (κ1) is 8.47. The van der Waals surface area contributed by atoms with Crippen molar-refractivity contribution in [1.29, 1.82) is 0 Å². The molecule has 76 valence electrons. The molecule has 3 rings (SSSR count). The lowest BCUT2D eigenvalue weighted by Crippen LogP contribution is -2.61. The third-order valence-electron chi connectivity index (χ3n) is 3.11. The Balaban J connectivity index is 1.93. The van der Waals surface area contributed by atoms with Crippen molar-refractivity contribution in [3.05, 3.63) is 29.8 Å². The van der Waals surface area contributed by atoms with Crippen molar-refractivity contribution in [3.8, 4) is 0 Å². The normalized spacial score (nSPS) is 20.1. The van der Waals surface area contributed by atoms with Crippen LogP contribution in [0.25, 0.3) is 0 Å². The largest absolute Gasteiger partial charge is 0.465 e. The van der Waals surface area contributed by atoms with Crippen LogP contribution in [0.5, 0.6) is 0 Å². The third kappa shape index (κ3) is 1.02. The molecule has 1 aromatic carbocycles. The minimum absolute atomic E-state index is 0.144. The van der Waals surface area contributed by atoms with Crippen LogP contribution in [0.3, 0.4) is 0 Å². The van der Waals surface area contributed by atoms with E-state index in [-0.39, 0.29) is 5.41 Å². The molecule has 0 unspecified atom stereocenters. The van der Waals surface area contributed by atoms with Crippen LogP contribution >= 0.6 is 0 Å². The summed E-state index contributed by atoms with van der Waals surface area (Å²) in [5.41, 5.74) is 1.99. The van der Waals surface area contributed by atoms with Crippen molar-refractivity contribution in [2.24, 2.45) is 4.99 Å². The minimum Gasteiger partial charge on any atom is -0.465 e. The van der Waals surface area contributed by atoms with E-state index in [2.05, 4.69) is 4.99 Å². The summed E-state index contributed by atoms with van der Waals surface area (Å²) >= 11 is 0. The van der Waals surface area contributed by atoms with Gasteiger partial charge in [-0.3, -0.25) is 4.99 Å². The lowest BCUT2D eigenvalue weighted by molar-refractivity contribution is 0.0903. The third-order valence-corrected chi connectivity index (χ3v) is 3.11. The topological polar surface area (TPSA) is 52.9 Å². The molecule has 15 heavy (non-hydrogen) atoms. The lowest BCUT2D eigenvalue weighted by atomic mass is 9.76. The van der Waals surface area contributed by atoms with Gasteiger partial charge in [-0.05, 0) is 11.6 Å². The molecule has 1 saturated heterocycles. The van der Waals surface area contributed by atoms with Crippen LogP contribution in [0.4, 0.5) is 10.5 Å². The Bertz CT molecular complexity index is 461. The number of fused-ring (bicyclic) bond motifs is 2. The maximum Gasteiger partial charge on any atom is 0.407 e. The summed E-state index contributed by atoms with van der Waals surface area (Å²) in [6, 6.07) is 7.91. The average molecular weight is 202 g/mol. The van der Waals surface area contributed by atoms with Crippen molar-refractivity contribution in [3.63, 3.8) is 0 Å².